The molecule has 2 atom stereocenters. The first-order valence-corrected chi connectivity index (χ1v) is 5.98. The maximum absolute atomic E-state index is 11.5. The molecule has 102 valence electrons. The molecule has 1 saturated carbocycles. The molecular formula is C11H19N3O4. The molecule has 1 fully saturated rings. The maximum atomic E-state index is 11.5. The predicted molar refractivity (Wildman–Crippen MR) is 63.7 cm³/mol. The van der Waals surface area contributed by atoms with Crippen molar-refractivity contribution >= 4 is 17.9 Å². The van der Waals surface area contributed by atoms with Gasteiger partial charge in [-0.15, -0.1) is 0 Å². The molecule has 0 aromatic rings. The zero-order valence-corrected chi connectivity index (χ0v) is 10.3. The van der Waals surface area contributed by atoms with Crippen molar-refractivity contribution in [3.8, 4) is 0 Å². The average Bonchev–Trinajstić information content (AvgIpc) is 3.06. The fourth-order valence-corrected chi connectivity index (χ4v) is 1.66. The number of carbonyl (C=O) groups excluding carboxylic acids is 2. The van der Waals surface area contributed by atoms with Crippen molar-refractivity contribution in [3.05, 3.63) is 0 Å². The minimum Gasteiger partial charge on any atom is -0.480 e. The minimum absolute atomic E-state index is 0.00407. The summed E-state index contributed by atoms with van der Waals surface area (Å²) in [4.78, 5) is 33.0. The van der Waals surface area contributed by atoms with E-state index in [1.807, 2.05) is 6.92 Å². The third-order valence-corrected chi connectivity index (χ3v) is 2.97. The Kier molecular flexibility index (Phi) is 4.94. The molecule has 1 aliphatic carbocycles. The lowest BCUT2D eigenvalue weighted by Gasteiger charge is -2.17. The average molecular weight is 257 g/mol. The van der Waals surface area contributed by atoms with Gasteiger partial charge in [0.2, 0.25) is 5.91 Å². The van der Waals surface area contributed by atoms with Gasteiger partial charge in [-0.05, 0) is 32.1 Å². The van der Waals surface area contributed by atoms with Gasteiger partial charge in [-0.3, -0.25) is 4.79 Å². The smallest absolute Gasteiger partial charge is 0.326 e. The van der Waals surface area contributed by atoms with Gasteiger partial charge in [-0.1, -0.05) is 0 Å². The van der Waals surface area contributed by atoms with Gasteiger partial charge in [-0.25, -0.2) is 9.59 Å². The summed E-state index contributed by atoms with van der Waals surface area (Å²) in [6, 6.07) is -1.58. The van der Waals surface area contributed by atoms with Gasteiger partial charge < -0.3 is 21.5 Å². The second-order valence-electron chi connectivity index (χ2n) is 4.64. The summed E-state index contributed by atoms with van der Waals surface area (Å²) < 4.78 is 0. The second-order valence-corrected chi connectivity index (χ2v) is 4.64. The molecule has 0 radical (unpaired) electrons. The number of amides is 3. The van der Waals surface area contributed by atoms with Gasteiger partial charge in [0, 0.05) is 12.5 Å². The van der Waals surface area contributed by atoms with Crippen LogP contribution in [0.4, 0.5) is 4.79 Å². The molecule has 1 aliphatic rings. The fourth-order valence-electron chi connectivity index (χ4n) is 1.66. The molecule has 0 aromatic heterocycles. The van der Waals surface area contributed by atoms with Crippen molar-refractivity contribution in [1.29, 1.82) is 0 Å². The number of hydrogen-bond donors (Lipinski definition) is 4. The Hall–Kier alpha value is -1.79. The van der Waals surface area contributed by atoms with Crippen LogP contribution in [0.2, 0.25) is 0 Å². The number of carboxylic acid groups (broad SMARTS) is 1. The highest BCUT2D eigenvalue weighted by atomic mass is 16.4. The predicted octanol–water partition coefficient (Wildman–Crippen LogP) is -0.197. The number of carbonyl (C=O) groups is 3. The molecule has 18 heavy (non-hydrogen) atoms. The summed E-state index contributed by atoms with van der Waals surface area (Å²) in [7, 11) is 0. The summed E-state index contributed by atoms with van der Waals surface area (Å²) in [6.07, 6.45) is 2.10. The van der Waals surface area contributed by atoms with Crippen molar-refractivity contribution in [3.63, 3.8) is 0 Å². The van der Waals surface area contributed by atoms with Gasteiger partial charge in [0.25, 0.3) is 0 Å². The van der Waals surface area contributed by atoms with Gasteiger partial charge in [0.05, 0.1) is 0 Å². The molecule has 1 rings (SSSR count). The number of nitrogens with two attached hydrogens (primary N) is 1. The highest BCUT2D eigenvalue weighted by Crippen LogP contribution is 2.32. The van der Waals surface area contributed by atoms with E-state index < -0.39 is 23.9 Å². The molecular weight excluding hydrogens is 238 g/mol. The number of hydrogen-bond acceptors (Lipinski definition) is 3. The highest BCUT2D eigenvalue weighted by molar-refractivity contribution is 5.83. The normalized spacial score (nSPS) is 17.6. The van der Waals surface area contributed by atoms with E-state index in [-0.39, 0.29) is 18.9 Å². The number of nitrogens with one attached hydrogen (secondary N) is 2. The Morgan fingerprint density at radius 1 is 1.33 bits per heavy atom. The summed E-state index contributed by atoms with van der Waals surface area (Å²) in [6.45, 7) is 1.89. The molecule has 0 aliphatic heterocycles. The number of carboxylic acids is 1. The van der Waals surface area contributed by atoms with Crippen LogP contribution in [0.1, 0.15) is 32.6 Å². The number of primary amides is 1. The first kappa shape index (κ1) is 14.3. The van der Waals surface area contributed by atoms with Crippen LogP contribution in [0.5, 0.6) is 0 Å². The summed E-state index contributed by atoms with van der Waals surface area (Å²) in [5.41, 5.74) is 4.94. The van der Waals surface area contributed by atoms with E-state index in [1.165, 1.54) is 0 Å². The standard InChI is InChI=1S/C11H19N3O4/c1-6(7-2-3-7)13-11(18)14-8(10(16)17)4-5-9(12)15/h6-8H,2-5H2,1H3,(H2,12,15)(H,16,17)(H2,13,14,18)/t6?,8-/m1/s1. The Labute approximate surface area is 105 Å². The van der Waals surface area contributed by atoms with E-state index in [2.05, 4.69) is 10.6 Å². The van der Waals surface area contributed by atoms with Crippen LogP contribution in [0.15, 0.2) is 0 Å². The third-order valence-electron chi connectivity index (χ3n) is 2.97. The Morgan fingerprint density at radius 3 is 2.39 bits per heavy atom. The number of aliphatic carboxylic acids is 1. The van der Waals surface area contributed by atoms with E-state index in [9.17, 15) is 14.4 Å². The van der Waals surface area contributed by atoms with E-state index in [0.717, 1.165) is 12.8 Å². The molecule has 0 saturated heterocycles. The van der Waals surface area contributed by atoms with E-state index >= 15 is 0 Å². The first-order chi connectivity index (χ1) is 8.40. The van der Waals surface area contributed by atoms with Crippen LogP contribution in [0, 0.1) is 5.92 Å². The largest absolute Gasteiger partial charge is 0.480 e. The first-order valence-electron chi connectivity index (χ1n) is 5.98. The fraction of sp³-hybridized carbons (Fsp3) is 0.727. The van der Waals surface area contributed by atoms with E-state index in [4.69, 9.17) is 10.8 Å². The van der Waals surface area contributed by atoms with Crippen molar-refractivity contribution in [2.45, 2.75) is 44.7 Å². The lowest BCUT2D eigenvalue weighted by molar-refractivity contribution is -0.139. The van der Waals surface area contributed by atoms with Crippen LogP contribution in [-0.4, -0.2) is 35.1 Å². The molecule has 5 N–H and O–H groups in total. The SMILES string of the molecule is CC(NC(=O)N[C@H](CCC(N)=O)C(=O)O)C1CC1. The molecule has 0 heterocycles. The monoisotopic (exact) mass is 257 g/mol. The zero-order chi connectivity index (χ0) is 13.7. The summed E-state index contributed by atoms with van der Waals surface area (Å²) in [5.74, 6) is -1.27. The third kappa shape index (κ3) is 5.03. The van der Waals surface area contributed by atoms with Crippen molar-refractivity contribution < 1.29 is 19.5 Å². The second kappa shape index (κ2) is 6.23. The van der Waals surface area contributed by atoms with Crippen molar-refractivity contribution in [1.82, 2.24) is 10.6 Å². The lowest BCUT2D eigenvalue weighted by atomic mass is 10.1. The van der Waals surface area contributed by atoms with Crippen molar-refractivity contribution in [2.75, 3.05) is 0 Å². The zero-order valence-electron chi connectivity index (χ0n) is 10.3. The highest BCUT2D eigenvalue weighted by Gasteiger charge is 2.29. The topological polar surface area (TPSA) is 122 Å². The number of rotatable bonds is 7. The van der Waals surface area contributed by atoms with Gasteiger partial charge in [0.15, 0.2) is 0 Å². The van der Waals surface area contributed by atoms with E-state index in [0.29, 0.717) is 5.92 Å². The van der Waals surface area contributed by atoms with Gasteiger partial charge in [-0.2, -0.15) is 0 Å². The van der Waals surface area contributed by atoms with Crippen LogP contribution in [-0.2, 0) is 9.59 Å². The molecule has 0 aromatic carbocycles. The van der Waals surface area contributed by atoms with Crippen LogP contribution >= 0.6 is 0 Å². The Morgan fingerprint density at radius 2 is 1.94 bits per heavy atom. The molecule has 1 unspecified atom stereocenters. The summed E-state index contributed by atoms with van der Waals surface area (Å²) in [5, 5.41) is 13.9. The van der Waals surface area contributed by atoms with Crippen LogP contribution in [0.25, 0.3) is 0 Å². The quantitative estimate of drug-likeness (QED) is 0.504. The van der Waals surface area contributed by atoms with Gasteiger partial charge in [0.1, 0.15) is 6.04 Å². The minimum atomic E-state index is -1.18. The van der Waals surface area contributed by atoms with Gasteiger partial charge >= 0.3 is 12.0 Å². The molecule has 0 spiro atoms. The Balaban J connectivity index is 2.36. The lowest BCUT2D eigenvalue weighted by Crippen LogP contribution is -2.49. The molecule has 7 heteroatoms. The van der Waals surface area contributed by atoms with Crippen LogP contribution < -0.4 is 16.4 Å². The maximum Gasteiger partial charge on any atom is 0.326 e. The Bertz CT molecular complexity index is 341. The molecule has 7 nitrogen and oxygen atoms in total. The molecule has 0 bridgehead atoms. The van der Waals surface area contributed by atoms with Crippen molar-refractivity contribution in [2.24, 2.45) is 11.7 Å². The van der Waals surface area contributed by atoms with Crippen LogP contribution in [0.3, 0.4) is 0 Å². The van der Waals surface area contributed by atoms with E-state index in [1.54, 1.807) is 0 Å². The summed E-state index contributed by atoms with van der Waals surface area (Å²) >= 11 is 0. The number of urea groups is 1. The molecule has 3 amide bonds.